The predicted molar refractivity (Wildman–Crippen MR) is 133 cm³/mol. The number of rotatable bonds is 6. The SMILES string of the molecule is CCN(C(=O)Cn1c(=O)n(Cc2ccc3c(c2)OCO3)c(=O)c2ccccc21)c1cccc(C)c1. The second kappa shape index (κ2) is 9.13. The molecule has 5 rings (SSSR count). The Hall–Kier alpha value is -4.33. The summed E-state index contributed by atoms with van der Waals surface area (Å²) in [6.07, 6.45) is 0. The van der Waals surface area contributed by atoms with Gasteiger partial charge in [0.1, 0.15) is 6.54 Å². The molecule has 0 spiro atoms. The van der Waals surface area contributed by atoms with Gasteiger partial charge >= 0.3 is 5.69 Å². The molecular weight excluding hydrogens is 446 g/mol. The molecule has 0 unspecified atom stereocenters. The summed E-state index contributed by atoms with van der Waals surface area (Å²) in [7, 11) is 0. The molecule has 1 aromatic heterocycles. The molecule has 1 aliphatic rings. The molecule has 8 heteroatoms. The molecule has 1 aliphatic heterocycles. The van der Waals surface area contributed by atoms with Crippen LogP contribution in [0.2, 0.25) is 0 Å². The summed E-state index contributed by atoms with van der Waals surface area (Å²) in [5, 5.41) is 0.374. The quantitative estimate of drug-likeness (QED) is 0.431. The van der Waals surface area contributed by atoms with Crippen molar-refractivity contribution in [3.63, 3.8) is 0 Å². The second-order valence-corrected chi connectivity index (χ2v) is 8.44. The van der Waals surface area contributed by atoms with Crippen LogP contribution in [0, 0.1) is 6.92 Å². The summed E-state index contributed by atoms with van der Waals surface area (Å²) in [4.78, 5) is 41.9. The molecule has 0 radical (unpaired) electrons. The number of benzene rings is 3. The van der Waals surface area contributed by atoms with Gasteiger partial charge in [0, 0.05) is 12.2 Å². The van der Waals surface area contributed by atoms with E-state index in [2.05, 4.69) is 0 Å². The highest BCUT2D eigenvalue weighted by molar-refractivity contribution is 5.94. The third-order valence-electron chi connectivity index (χ3n) is 6.13. The van der Waals surface area contributed by atoms with Gasteiger partial charge in [-0.05, 0) is 61.4 Å². The van der Waals surface area contributed by atoms with E-state index >= 15 is 0 Å². The van der Waals surface area contributed by atoms with Crippen molar-refractivity contribution in [1.29, 1.82) is 0 Å². The number of carbonyl (C=O) groups is 1. The molecule has 4 aromatic rings. The van der Waals surface area contributed by atoms with Gasteiger partial charge in [-0.25, -0.2) is 4.79 Å². The van der Waals surface area contributed by atoms with Gasteiger partial charge in [0.05, 0.1) is 17.4 Å². The first kappa shape index (κ1) is 22.5. The molecule has 35 heavy (non-hydrogen) atoms. The Morgan fingerprint density at radius 2 is 1.74 bits per heavy atom. The van der Waals surface area contributed by atoms with Crippen molar-refractivity contribution in [3.05, 3.63) is 98.7 Å². The number of carbonyl (C=O) groups excluding carboxylic acids is 1. The van der Waals surface area contributed by atoms with Gasteiger partial charge in [-0.3, -0.25) is 18.7 Å². The molecule has 1 amide bonds. The van der Waals surface area contributed by atoms with Crippen molar-refractivity contribution >= 4 is 22.5 Å². The van der Waals surface area contributed by atoms with Crippen LogP contribution in [0.5, 0.6) is 11.5 Å². The minimum absolute atomic E-state index is 0.0443. The van der Waals surface area contributed by atoms with Gasteiger partial charge in [0.15, 0.2) is 11.5 Å². The molecule has 0 saturated heterocycles. The van der Waals surface area contributed by atoms with Gasteiger partial charge in [0.25, 0.3) is 5.56 Å². The molecule has 0 aliphatic carbocycles. The number of aromatic nitrogens is 2. The van der Waals surface area contributed by atoms with Crippen LogP contribution < -0.4 is 25.6 Å². The van der Waals surface area contributed by atoms with E-state index in [-0.39, 0.29) is 25.8 Å². The van der Waals surface area contributed by atoms with Crippen LogP contribution in [0.4, 0.5) is 5.69 Å². The van der Waals surface area contributed by atoms with E-state index in [1.807, 2.05) is 38.1 Å². The molecule has 0 bridgehead atoms. The van der Waals surface area contributed by atoms with Crippen LogP contribution in [0.3, 0.4) is 0 Å². The minimum Gasteiger partial charge on any atom is -0.454 e. The van der Waals surface area contributed by atoms with Crippen molar-refractivity contribution in [1.82, 2.24) is 9.13 Å². The number of anilines is 1. The zero-order chi connectivity index (χ0) is 24.5. The number of aryl methyl sites for hydroxylation is 1. The highest BCUT2D eigenvalue weighted by atomic mass is 16.7. The predicted octanol–water partition coefficient (Wildman–Crippen LogP) is 3.30. The fourth-order valence-electron chi connectivity index (χ4n) is 4.40. The Morgan fingerprint density at radius 3 is 2.54 bits per heavy atom. The van der Waals surface area contributed by atoms with Crippen LogP contribution in [-0.4, -0.2) is 28.4 Å². The second-order valence-electron chi connectivity index (χ2n) is 8.44. The lowest BCUT2D eigenvalue weighted by Crippen LogP contribution is -2.43. The van der Waals surface area contributed by atoms with E-state index in [0.29, 0.717) is 28.9 Å². The molecule has 2 heterocycles. The highest BCUT2D eigenvalue weighted by Gasteiger charge is 2.20. The van der Waals surface area contributed by atoms with Gasteiger partial charge in [-0.2, -0.15) is 0 Å². The molecule has 3 aromatic carbocycles. The van der Waals surface area contributed by atoms with Gasteiger partial charge in [0.2, 0.25) is 12.7 Å². The smallest absolute Gasteiger partial charge is 0.332 e. The number of ether oxygens (including phenoxy) is 2. The lowest BCUT2D eigenvalue weighted by Gasteiger charge is -2.23. The summed E-state index contributed by atoms with van der Waals surface area (Å²) in [5.41, 5.74) is 2.00. The van der Waals surface area contributed by atoms with E-state index in [1.54, 1.807) is 47.4 Å². The van der Waals surface area contributed by atoms with Crippen molar-refractivity contribution in [3.8, 4) is 11.5 Å². The topological polar surface area (TPSA) is 82.8 Å². The normalized spacial score (nSPS) is 12.2. The molecule has 0 saturated carbocycles. The van der Waals surface area contributed by atoms with Crippen molar-refractivity contribution in [2.75, 3.05) is 18.2 Å². The molecule has 0 N–H and O–H groups in total. The Bertz CT molecular complexity index is 1550. The van der Waals surface area contributed by atoms with Crippen LogP contribution in [0.25, 0.3) is 10.9 Å². The summed E-state index contributed by atoms with van der Waals surface area (Å²) < 4.78 is 13.3. The van der Waals surface area contributed by atoms with E-state index < -0.39 is 11.2 Å². The zero-order valence-electron chi connectivity index (χ0n) is 19.6. The first-order valence-corrected chi connectivity index (χ1v) is 11.4. The molecule has 8 nitrogen and oxygen atoms in total. The van der Waals surface area contributed by atoms with Crippen LogP contribution in [-0.2, 0) is 17.9 Å². The van der Waals surface area contributed by atoms with Crippen LogP contribution >= 0.6 is 0 Å². The number of amides is 1. The molecule has 0 atom stereocenters. The number of nitrogens with zero attached hydrogens (tertiary/aromatic N) is 3. The highest BCUT2D eigenvalue weighted by Crippen LogP contribution is 2.32. The zero-order valence-corrected chi connectivity index (χ0v) is 19.6. The standard InChI is InChI=1S/C27H25N3O5/c1-3-28(20-8-6-7-18(2)13-20)25(31)16-29-22-10-5-4-9-21(22)26(32)30(27(29)33)15-19-11-12-23-24(14-19)35-17-34-23/h4-14H,3,15-17H2,1-2H3. The molecular formula is C27H25N3O5. The first-order chi connectivity index (χ1) is 17.0. The maximum Gasteiger partial charge on any atom is 0.332 e. The maximum absolute atomic E-state index is 13.6. The Morgan fingerprint density at radius 1 is 0.943 bits per heavy atom. The third kappa shape index (κ3) is 4.19. The monoisotopic (exact) mass is 471 g/mol. The fraction of sp³-hybridized carbons (Fsp3) is 0.222. The summed E-state index contributed by atoms with van der Waals surface area (Å²) in [6.45, 7) is 4.29. The lowest BCUT2D eigenvalue weighted by atomic mass is 10.2. The summed E-state index contributed by atoms with van der Waals surface area (Å²) in [6, 6.07) is 19.8. The van der Waals surface area contributed by atoms with Crippen LogP contribution in [0.1, 0.15) is 18.1 Å². The number of fused-ring (bicyclic) bond motifs is 2. The maximum atomic E-state index is 13.6. The lowest BCUT2D eigenvalue weighted by molar-refractivity contribution is -0.119. The van der Waals surface area contributed by atoms with Crippen molar-refractivity contribution < 1.29 is 14.3 Å². The molecule has 0 fully saturated rings. The average Bonchev–Trinajstić information content (AvgIpc) is 3.33. The van der Waals surface area contributed by atoms with Crippen molar-refractivity contribution in [2.24, 2.45) is 0 Å². The minimum atomic E-state index is -0.542. The Kier molecular flexibility index (Phi) is 5.86. The van der Waals surface area contributed by atoms with Gasteiger partial charge in [-0.1, -0.05) is 30.3 Å². The fourth-order valence-corrected chi connectivity index (χ4v) is 4.40. The first-order valence-electron chi connectivity index (χ1n) is 11.4. The van der Waals surface area contributed by atoms with E-state index in [9.17, 15) is 14.4 Å². The summed E-state index contributed by atoms with van der Waals surface area (Å²) in [5.74, 6) is 0.959. The van der Waals surface area contributed by atoms with E-state index in [4.69, 9.17) is 9.47 Å². The van der Waals surface area contributed by atoms with E-state index in [1.165, 1.54) is 4.57 Å². The third-order valence-corrected chi connectivity index (χ3v) is 6.13. The van der Waals surface area contributed by atoms with Gasteiger partial charge in [-0.15, -0.1) is 0 Å². The number of likely N-dealkylation sites (N-methyl/N-ethyl adjacent to an activating group) is 1. The average molecular weight is 472 g/mol. The number of para-hydroxylation sites is 1. The number of hydrogen-bond donors (Lipinski definition) is 0. The van der Waals surface area contributed by atoms with Crippen LogP contribution in [0.15, 0.2) is 76.3 Å². The Balaban J connectivity index is 1.57. The van der Waals surface area contributed by atoms with E-state index in [0.717, 1.165) is 21.4 Å². The number of hydrogen-bond acceptors (Lipinski definition) is 5. The summed E-state index contributed by atoms with van der Waals surface area (Å²) >= 11 is 0. The van der Waals surface area contributed by atoms with Gasteiger partial charge < -0.3 is 14.4 Å². The Labute approximate surface area is 201 Å². The largest absolute Gasteiger partial charge is 0.454 e. The molecule has 178 valence electrons. The van der Waals surface area contributed by atoms with Crippen molar-refractivity contribution in [2.45, 2.75) is 26.9 Å².